The van der Waals surface area contributed by atoms with Crippen LogP contribution in [0.4, 0.5) is 5.69 Å². The SMILES string of the molecule is CO[C@H]1CN(C(OC2CCC(C(=O)O)CC2)[C@@H]2CCCN2C(=O)Cc2ccc(NC(=O)c3nn(C)c4ccccc34)c(Cl)c2)C[C@H]1OC. The van der Waals surface area contributed by atoms with Gasteiger partial charge in [0.25, 0.3) is 5.91 Å². The van der Waals surface area contributed by atoms with Crippen molar-refractivity contribution in [1.29, 1.82) is 0 Å². The number of aliphatic carboxylic acids is 1. The van der Waals surface area contributed by atoms with Crippen LogP contribution in [0.2, 0.25) is 5.02 Å². The lowest BCUT2D eigenvalue weighted by Gasteiger charge is -2.40. The van der Waals surface area contributed by atoms with Gasteiger partial charge in [0, 0.05) is 46.3 Å². The van der Waals surface area contributed by atoms with E-state index in [0.29, 0.717) is 61.7 Å². The number of rotatable bonds is 11. The van der Waals surface area contributed by atoms with Gasteiger partial charge in [-0.1, -0.05) is 35.9 Å². The maximum absolute atomic E-state index is 13.9. The number of benzene rings is 2. The molecule has 2 saturated heterocycles. The van der Waals surface area contributed by atoms with Gasteiger partial charge in [0.15, 0.2) is 5.69 Å². The summed E-state index contributed by atoms with van der Waals surface area (Å²) >= 11 is 6.63. The lowest BCUT2D eigenvalue weighted by Crippen LogP contribution is -2.53. The van der Waals surface area contributed by atoms with Gasteiger partial charge >= 0.3 is 5.97 Å². The van der Waals surface area contributed by atoms with Crippen molar-refractivity contribution in [2.24, 2.45) is 13.0 Å². The summed E-state index contributed by atoms with van der Waals surface area (Å²) < 4.78 is 19.9. The van der Waals surface area contributed by atoms with Crippen LogP contribution in [-0.4, -0.2) is 107 Å². The van der Waals surface area contributed by atoms with Gasteiger partial charge in [0.1, 0.15) is 6.23 Å². The molecule has 4 atom stereocenters. The molecule has 13 heteroatoms. The van der Waals surface area contributed by atoms with E-state index >= 15 is 0 Å². The zero-order chi connectivity index (χ0) is 33.9. The number of carboxylic acid groups (broad SMARTS) is 1. The largest absolute Gasteiger partial charge is 0.481 e. The molecule has 0 spiro atoms. The number of anilines is 1. The van der Waals surface area contributed by atoms with Crippen molar-refractivity contribution in [3.63, 3.8) is 0 Å². The van der Waals surface area contributed by atoms with E-state index in [2.05, 4.69) is 15.3 Å². The lowest BCUT2D eigenvalue weighted by molar-refractivity contribution is -0.158. The lowest BCUT2D eigenvalue weighted by atomic mass is 9.87. The van der Waals surface area contributed by atoms with E-state index < -0.39 is 5.97 Å². The summed E-state index contributed by atoms with van der Waals surface area (Å²) in [4.78, 5) is 42.7. The predicted octanol–water partition coefficient (Wildman–Crippen LogP) is 4.34. The second-order valence-corrected chi connectivity index (χ2v) is 13.5. The maximum Gasteiger partial charge on any atom is 0.306 e. The van der Waals surface area contributed by atoms with Gasteiger partial charge in [-0.3, -0.25) is 24.0 Å². The minimum Gasteiger partial charge on any atom is -0.481 e. The average Bonchev–Trinajstić information content (AvgIpc) is 3.82. The fourth-order valence-electron chi connectivity index (χ4n) is 7.50. The van der Waals surface area contributed by atoms with E-state index in [1.165, 1.54) is 0 Å². The Morgan fingerprint density at radius 2 is 1.73 bits per heavy atom. The molecule has 1 aliphatic carbocycles. The third-order valence-corrected chi connectivity index (χ3v) is 10.4. The standard InChI is InChI=1S/C35H44ClN5O7/c1-39-27-8-5-4-7-24(27)32(38-39)33(43)37-26-15-10-21(17-25(26)36)18-31(42)41-16-6-9-28(41)34(40-19-29(46-2)30(20-40)47-3)48-23-13-11-22(12-14-23)35(44)45/h4-5,7-8,10,15,17,22-23,28-30,34H,6,9,11-14,16,18-20H2,1-3H3,(H,37,43)(H,44,45)/t22?,23?,28-,29-,30+,34?/m0/s1. The Morgan fingerprint density at radius 3 is 2.40 bits per heavy atom. The van der Waals surface area contributed by atoms with Crippen molar-refractivity contribution >= 4 is 46.0 Å². The molecule has 1 saturated carbocycles. The van der Waals surface area contributed by atoms with Crippen LogP contribution in [-0.2, 0) is 37.3 Å². The molecule has 3 aliphatic rings. The Morgan fingerprint density at radius 1 is 1.02 bits per heavy atom. The highest BCUT2D eigenvalue weighted by atomic mass is 35.5. The van der Waals surface area contributed by atoms with E-state index in [1.807, 2.05) is 35.2 Å². The van der Waals surface area contributed by atoms with Crippen molar-refractivity contribution < 1.29 is 33.7 Å². The number of halogens is 1. The van der Waals surface area contributed by atoms with E-state index in [0.717, 1.165) is 29.3 Å². The molecular weight excluding hydrogens is 638 g/mol. The van der Waals surface area contributed by atoms with Crippen LogP contribution >= 0.6 is 11.6 Å². The number of aryl methyl sites for hydroxylation is 1. The molecule has 3 aromatic rings. The highest BCUT2D eigenvalue weighted by Crippen LogP contribution is 2.34. The van der Waals surface area contributed by atoms with Crippen molar-refractivity contribution in [2.75, 3.05) is 39.2 Å². The number of aromatic nitrogens is 2. The average molecular weight is 682 g/mol. The first kappa shape index (κ1) is 34.3. The molecule has 3 fully saturated rings. The number of carbonyl (C=O) groups is 3. The van der Waals surface area contributed by atoms with Crippen molar-refractivity contribution in [2.45, 2.75) is 75.5 Å². The summed E-state index contributed by atoms with van der Waals surface area (Å²) in [6, 6.07) is 12.6. The number of amides is 2. The molecular formula is C35H44ClN5O7. The molecule has 2 aromatic carbocycles. The number of carbonyl (C=O) groups excluding carboxylic acids is 2. The number of para-hydroxylation sites is 1. The zero-order valence-electron chi connectivity index (χ0n) is 27.6. The summed E-state index contributed by atoms with van der Waals surface area (Å²) in [5, 5.41) is 17.8. The fraction of sp³-hybridized carbons (Fsp3) is 0.543. The molecule has 12 nitrogen and oxygen atoms in total. The van der Waals surface area contributed by atoms with E-state index in [4.69, 9.17) is 25.8 Å². The van der Waals surface area contributed by atoms with Crippen LogP contribution in [0, 0.1) is 5.92 Å². The maximum atomic E-state index is 13.9. The summed E-state index contributed by atoms with van der Waals surface area (Å²) in [5.74, 6) is -1.48. The molecule has 0 radical (unpaired) electrons. The van der Waals surface area contributed by atoms with Gasteiger partial charge in [-0.2, -0.15) is 5.10 Å². The monoisotopic (exact) mass is 681 g/mol. The van der Waals surface area contributed by atoms with Gasteiger partial charge in [-0.25, -0.2) is 0 Å². The van der Waals surface area contributed by atoms with E-state index in [1.54, 1.807) is 38.1 Å². The molecule has 6 rings (SSSR count). The smallest absolute Gasteiger partial charge is 0.306 e. The number of nitrogens with zero attached hydrogens (tertiary/aromatic N) is 4. The molecule has 1 unspecified atom stereocenters. The summed E-state index contributed by atoms with van der Waals surface area (Å²) in [7, 11) is 5.15. The van der Waals surface area contributed by atoms with Gasteiger partial charge in [-0.05, 0) is 62.3 Å². The summed E-state index contributed by atoms with van der Waals surface area (Å²) in [6.07, 6.45) is 3.59. The predicted molar refractivity (Wildman–Crippen MR) is 180 cm³/mol. The zero-order valence-corrected chi connectivity index (χ0v) is 28.4. The number of hydrogen-bond donors (Lipinski definition) is 2. The fourth-order valence-corrected chi connectivity index (χ4v) is 7.75. The van der Waals surface area contributed by atoms with Crippen LogP contribution in [0.15, 0.2) is 42.5 Å². The molecule has 1 aromatic heterocycles. The second-order valence-electron chi connectivity index (χ2n) is 13.1. The van der Waals surface area contributed by atoms with Gasteiger partial charge in [0.05, 0.1) is 52.9 Å². The molecule has 3 heterocycles. The number of likely N-dealkylation sites (tertiary alicyclic amines) is 2. The van der Waals surface area contributed by atoms with Gasteiger partial charge < -0.3 is 29.5 Å². The number of nitrogens with one attached hydrogen (secondary N) is 1. The Bertz CT molecular complexity index is 1630. The third kappa shape index (κ3) is 7.23. The first-order chi connectivity index (χ1) is 23.2. The molecule has 2 N–H and O–H groups in total. The third-order valence-electron chi connectivity index (χ3n) is 10.1. The van der Waals surface area contributed by atoms with Gasteiger partial charge in [-0.15, -0.1) is 0 Å². The van der Waals surface area contributed by atoms with Crippen LogP contribution < -0.4 is 5.32 Å². The van der Waals surface area contributed by atoms with Crippen LogP contribution in [0.5, 0.6) is 0 Å². The number of carboxylic acids is 1. The van der Waals surface area contributed by atoms with Crippen LogP contribution in [0.25, 0.3) is 10.9 Å². The Labute approximate surface area is 285 Å². The van der Waals surface area contributed by atoms with Gasteiger partial charge in [0.2, 0.25) is 5.91 Å². The first-order valence-corrected chi connectivity index (χ1v) is 17.0. The van der Waals surface area contributed by atoms with Crippen molar-refractivity contribution in [3.05, 3.63) is 58.7 Å². The topological polar surface area (TPSA) is 135 Å². The van der Waals surface area contributed by atoms with Crippen molar-refractivity contribution in [3.8, 4) is 0 Å². The minimum absolute atomic E-state index is 0.0285. The molecule has 2 amide bonds. The Kier molecular flexibility index (Phi) is 10.7. The molecule has 48 heavy (non-hydrogen) atoms. The number of fused-ring (bicyclic) bond motifs is 1. The Balaban J connectivity index is 1.14. The number of hydrogen-bond acceptors (Lipinski definition) is 8. The quantitative estimate of drug-likeness (QED) is 0.303. The van der Waals surface area contributed by atoms with E-state index in [9.17, 15) is 19.5 Å². The first-order valence-electron chi connectivity index (χ1n) is 16.7. The van der Waals surface area contributed by atoms with Crippen LogP contribution in [0.3, 0.4) is 0 Å². The summed E-state index contributed by atoms with van der Waals surface area (Å²) in [6.45, 7) is 1.84. The van der Waals surface area contributed by atoms with Crippen LogP contribution in [0.1, 0.15) is 54.6 Å². The van der Waals surface area contributed by atoms with Crippen molar-refractivity contribution in [1.82, 2.24) is 19.6 Å². The molecule has 0 bridgehead atoms. The highest BCUT2D eigenvalue weighted by molar-refractivity contribution is 6.34. The summed E-state index contributed by atoms with van der Waals surface area (Å²) in [5.41, 5.74) is 2.33. The number of methoxy groups -OCH3 is 2. The molecule has 2 aliphatic heterocycles. The molecule has 258 valence electrons. The normalized spacial score (nSPS) is 25.4. The Hall–Kier alpha value is -3.55. The highest BCUT2D eigenvalue weighted by Gasteiger charge is 2.45. The number of ether oxygens (including phenoxy) is 3. The minimum atomic E-state index is -0.750. The second kappa shape index (κ2) is 14.9. The van der Waals surface area contributed by atoms with E-state index in [-0.39, 0.29) is 54.7 Å².